The van der Waals surface area contributed by atoms with Gasteiger partial charge in [-0.3, -0.25) is 9.80 Å². The number of rotatable bonds is 1. The van der Waals surface area contributed by atoms with Gasteiger partial charge in [0.2, 0.25) is 0 Å². The first-order chi connectivity index (χ1) is 7.41. The predicted molar refractivity (Wildman–Crippen MR) is 63.8 cm³/mol. The Kier molecular flexibility index (Phi) is 2.50. The zero-order valence-electron chi connectivity index (χ0n) is 10.3. The minimum absolute atomic E-state index is 0.0439. The van der Waals surface area contributed by atoms with Gasteiger partial charge in [0.15, 0.2) is 0 Å². The Bertz CT molecular complexity index is 420. The number of carbonyl (C=O) groups is 1. The summed E-state index contributed by atoms with van der Waals surface area (Å²) in [7, 11) is 1.96. The Morgan fingerprint density at radius 3 is 2.44 bits per heavy atom. The molecule has 3 heteroatoms. The van der Waals surface area contributed by atoms with E-state index >= 15 is 0 Å². The molecule has 1 amide bonds. The third-order valence-corrected chi connectivity index (χ3v) is 3.14. The van der Waals surface area contributed by atoms with Crippen LogP contribution in [-0.4, -0.2) is 28.5 Å². The average molecular weight is 218 g/mol. The molecular weight excluding hydrogens is 200 g/mol. The van der Waals surface area contributed by atoms with Gasteiger partial charge in [0.1, 0.15) is 0 Å². The van der Waals surface area contributed by atoms with Crippen LogP contribution >= 0.6 is 0 Å². The Hall–Kier alpha value is -1.35. The van der Waals surface area contributed by atoms with Crippen molar-refractivity contribution in [1.29, 1.82) is 0 Å². The van der Waals surface area contributed by atoms with Crippen LogP contribution < -0.4 is 0 Å². The summed E-state index contributed by atoms with van der Waals surface area (Å²) in [4.78, 5) is 12.2. The molecule has 0 radical (unpaired) electrons. The molecule has 1 aromatic rings. The van der Waals surface area contributed by atoms with Crippen molar-refractivity contribution in [3.63, 3.8) is 0 Å². The lowest BCUT2D eigenvalue weighted by Crippen LogP contribution is -2.50. The molecular formula is C13H18N2O. The first-order valence-corrected chi connectivity index (χ1v) is 5.55. The van der Waals surface area contributed by atoms with E-state index in [0.29, 0.717) is 6.54 Å². The summed E-state index contributed by atoms with van der Waals surface area (Å²) < 4.78 is 0. The minimum atomic E-state index is -0.0439. The molecule has 3 nitrogen and oxygen atoms in total. The predicted octanol–water partition coefficient (Wildman–Crippen LogP) is 2.29. The van der Waals surface area contributed by atoms with E-state index in [4.69, 9.17) is 0 Å². The molecule has 0 spiro atoms. The zero-order valence-corrected chi connectivity index (χ0v) is 10.3. The molecule has 2 rings (SSSR count). The van der Waals surface area contributed by atoms with Crippen molar-refractivity contribution >= 4 is 5.91 Å². The van der Waals surface area contributed by atoms with Crippen LogP contribution in [0.2, 0.25) is 0 Å². The first-order valence-electron chi connectivity index (χ1n) is 5.55. The highest BCUT2D eigenvalue weighted by molar-refractivity contribution is 5.97. The van der Waals surface area contributed by atoms with Gasteiger partial charge in [0, 0.05) is 18.2 Å². The van der Waals surface area contributed by atoms with Crippen molar-refractivity contribution in [2.45, 2.75) is 32.9 Å². The highest BCUT2D eigenvalue weighted by atomic mass is 16.2. The summed E-state index contributed by atoms with van der Waals surface area (Å²) in [6.45, 7) is 6.98. The Morgan fingerprint density at radius 2 is 1.88 bits per heavy atom. The molecule has 0 saturated heterocycles. The molecule has 1 aliphatic heterocycles. The topological polar surface area (TPSA) is 23.6 Å². The normalized spacial score (nSPS) is 15.8. The molecule has 0 unspecified atom stereocenters. The quantitative estimate of drug-likeness (QED) is 0.722. The maximum Gasteiger partial charge on any atom is 0.268 e. The molecule has 1 heterocycles. The van der Waals surface area contributed by atoms with Crippen LogP contribution in [0.25, 0.3) is 0 Å². The fourth-order valence-electron chi connectivity index (χ4n) is 1.84. The molecule has 86 valence electrons. The fraction of sp³-hybridized carbons (Fsp3) is 0.462. The number of hydrazine groups is 1. The number of amides is 1. The van der Waals surface area contributed by atoms with Crippen LogP contribution in [0.15, 0.2) is 24.3 Å². The standard InChI is InChI=1S/C13H18N2O/c1-13(2,3)14(4)15-9-10-7-5-6-8-11(10)12(15)16/h5-8H,9H2,1-4H3. The monoisotopic (exact) mass is 218 g/mol. The number of hydrogen-bond acceptors (Lipinski definition) is 2. The molecule has 1 aliphatic rings. The van der Waals surface area contributed by atoms with E-state index in [-0.39, 0.29) is 11.4 Å². The summed E-state index contributed by atoms with van der Waals surface area (Å²) >= 11 is 0. The molecule has 0 aromatic heterocycles. The molecule has 0 atom stereocenters. The summed E-state index contributed by atoms with van der Waals surface area (Å²) in [5.74, 6) is 0.105. The van der Waals surface area contributed by atoms with Crippen LogP contribution in [0.1, 0.15) is 36.7 Å². The van der Waals surface area contributed by atoms with E-state index in [1.807, 2.05) is 41.3 Å². The fourth-order valence-corrected chi connectivity index (χ4v) is 1.84. The molecule has 0 fully saturated rings. The van der Waals surface area contributed by atoms with Crippen molar-refractivity contribution < 1.29 is 4.79 Å². The third-order valence-electron chi connectivity index (χ3n) is 3.14. The highest BCUT2D eigenvalue weighted by Crippen LogP contribution is 2.26. The van der Waals surface area contributed by atoms with Crippen molar-refractivity contribution in [3.05, 3.63) is 35.4 Å². The second-order valence-electron chi connectivity index (χ2n) is 5.21. The average Bonchev–Trinajstić information content (AvgIpc) is 2.54. The van der Waals surface area contributed by atoms with Crippen LogP contribution in [0.3, 0.4) is 0 Å². The zero-order chi connectivity index (χ0) is 11.9. The van der Waals surface area contributed by atoms with Crippen molar-refractivity contribution in [1.82, 2.24) is 10.0 Å². The molecule has 16 heavy (non-hydrogen) atoms. The van der Waals surface area contributed by atoms with E-state index < -0.39 is 0 Å². The summed E-state index contributed by atoms with van der Waals surface area (Å²) in [5.41, 5.74) is 1.90. The van der Waals surface area contributed by atoms with E-state index in [0.717, 1.165) is 11.1 Å². The Balaban J connectivity index is 2.29. The van der Waals surface area contributed by atoms with Gasteiger partial charge in [-0.05, 0) is 32.4 Å². The van der Waals surface area contributed by atoms with Crippen molar-refractivity contribution in [2.75, 3.05) is 7.05 Å². The summed E-state index contributed by atoms with van der Waals surface area (Å²) in [6.07, 6.45) is 0. The van der Waals surface area contributed by atoms with Crippen LogP contribution in [-0.2, 0) is 6.54 Å². The second kappa shape index (κ2) is 3.59. The summed E-state index contributed by atoms with van der Waals surface area (Å²) in [6, 6.07) is 7.81. The van der Waals surface area contributed by atoms with E-state index in [1.54, 1.807) is 0 Å². The third kappa shape index (κ3) is 1.71. The minimum Gasteiger partial charge on any atom is -0.268 e. The molecule has 0 saturated carbocycles. The van der Waals surface area contributed by atoms with E-state index in [9.17, 15) is 4.79 Å². The molecule has 0 bridgehead atoms. The lowest BCUT2D eigenvalue weighted by atomic mass is 10.1. The van der Waals surface area contributed by atoms with E-state index in [1.165, 1.54) is 0 Å². The maximum atomic E-state index is 12.2. The van der Waals surface area contributed by atoms with Gasteiger partial charge < -0.3 is 0 Å². The highest BCUT2D eigenvalue weighted by Gasteiger charge is 2.33. The number of fused-ring (bicyclic) bond motifs is 1. The first kappa shape index (κ1) is 11.1. The van der Waals surface area contributed by atoms with Crippen LogP contribution in [0.5, 0.6) is 0 Å². The Morgan fingerprint density at radius 1 is 1.25 bits per heavy atom. The van der Waals surface area contributed by atoms with Crippen molar-refractivity contribution in [3.8, 4) is 0 Å². The largest absolute Gasteiger partial charge is 0.268 e. The van der Waals surface area contributed by atoms with Gasteiger partial charge in [-0.25, -0.2) is 5.01 Å². The lowest BCUT2D eigenvalue weighted by Gasteiger charge is -2.38. The van der Waals surface area contributed by atoms with Gasteiger partial charge in [0.25, 0.3) is 5.91 Å². The van der Waals surface area contributed by atoms with Gasteiger partial charge in [-0.1, -0.05) is 18.2 Å². The SMILES string of the molecule is CN(N1Cc2ccccc2C1=O)C(C)(C)C. The van der Waals surface area contributed by atoms with Gasteiger partial charge in [-0.15, -0.1) is 0 Å². The van der Waals surface area contributed by atoms with Gasteiger partial charge in [0.05, 0.1) is 6.54 Å². The molecule has 0 N–H and O–H groups in total. The second-order valence-corrected chi connectivity index (χ2v) is 5.21. The number of benzene rings is 1. The van der Waals surface area contributed by atoms with Crippen LogP contribution in [0, 0.1) is 0 Å². The Labute approximate surface area is 96.6 Å². The van der Waals surface area contributed by atoms with Gasteiger partial charge >= 0.3 is 0 Å². The molecule has 1 aromatic carbocycles. The van der Waals surface area contributed by atoms with Gasteiger partial charge in [-0.2, -0.15) is 0 Å². The lowest BCUT2D eigenvalue weighted by molar-refractivity contribution is -0.0448. The number of carbonyl (C=O) groups excluding carboxylic acids is 1. The number of hydrogen-bond donors (Lipinski definition) is 0. The smallest absolute Gasteiger partial charge is 0.268 e. The van der Waals surface area contributed by atoms with Crippen LogP contribution in [0.4, 0.5) is 0 Å². The number of nitrogens with zero attached hydrogens (tertiary/aromatic N) is 2. The maximum absolute atomic E-state index is 12.2. The van der Waals surface area contributed by atoms with Crippen molar-refractivity contribution in [2.24, 2.45) is 0 Å². The summed E-state index contributed by atoms with van der Waals surface area (Å²) in [5, 5.41) is 3.82. The molecule has 0 aliphatic carbocycles. The van der Waals surface area contributed by atoms with E-state index in [2.05, 4.69) is 20.8 Å².